The number of aliphatic hydroxyl groups is 1. The van der Waals surface area contributed by atoms with Crippen LogP contribution in [0.3, 0.4) is 0 Å². The number of benzene rings is 1. The average Bonchev–Trinajstić information content (AvgIpc) is 2.60. The molecule has 5 nitrogen and oxygen atoms in total. The number of carbonyl (C=O) groups is 1. The van der Waals surface area contributed by atoms with Crippen LogP contribution in [0.1, 0.15) is 31.9 Å². The topological polar surface area (TPSA) is 74.2 Å². The zero-order valence-corrected chi connectivity index (χ0v) is 13.5. The smallest absolute Gasteiger partial charge is 0.315 e. The van der Waals surface area contributed by atoms with Crippen molar-refractivity contribution in [1.29, 1.82) is 0 Å². The second-order valence-corrected chi connectivity index (χ2v) is 5.49. The summed E-state index contributed by atoms with van der Waals surface area (Å²) in [6.45, 7) is 3.79. The van der Waals surface area contributed by atoms with Crippen LogP contribution in [0.4, 0.5) is 4.79 Å². The van der Waals surface area contributed by atoms with Crippen LogP contribution in [-0.4, -0.2) is 28.8 Å². The van der Waals surface area contributed by atoms with Gasteiger partial charge in [0.05, 0.1) is 18.7 Å². The van der Waals surface area contributed by atoms with E-state index in [0.29, 0.717) is 6.42 Å². The molecular formula is C18H23N3O2. The molecule has 2 atom stereocenters. The molecule has 2 unspecified atom stereocenters. The van der Waals surface area contributed by atoms with Crippen molar-refractivity contribution in [2.45, 2.75) is 32.4 Å². The van der Waals surface area contributed by atoms with E-state index in [1.807, 2.05) is 50.2 Å². The Morgan fingerprint density at radius 3 is 2.26 bits per heavy atom. The lowest BCUT2D eigenvalue weighted by molar-refractivity contribution is 0.212. The predicted octanol–water partition coefficient (Wildman–Crippen LogP) is 2.88. The Bertz CT molecular complexity index is 610. The van der Waals surface area contributed by atoms with Crippen LogP contribution in [-0.2, 0) is 0 Å². The van der Waals surface area contributed by atoms with Crippen molar-refractivity contribution in [1.82, 2.24) is 15.6 Å². The largest absolute Gasteiger partial charge is 0.394 e. The molecular weight excluding hydrogens is 290 g/mol. The monoisotopic (exact) mass is 313 g/mol. The number of nitrogens with one attached hydrogen (secondary N) is 2. The molecule has 23 heavy (non-hydrogen) atoms. The minimum absolute atomic E-state index is 0.0566. The number of urea groups is 1. The first-order valence-electron chi connectivity index (χ1n) is 7.82. The summed E-state index contributed by atoms with van der Waals surface area (Å²) in [6, 6.07) is 11.4. The van der Waals surface area contributed by atoms with Gasteiger partial charge in [-0.15, -0.1) is 0 Å². The van der Waals surface area contributed by atoms with Crippen molar-refractivity contribution in [3.63, 3.8) is 0 Å². The van der Waals surface area contributed by atoms with Crippen LogP contribution < -0.4 is 10.6 Å². The summed E-state index contributed by atoms with van der Waals surface area (Å²) >= 11 is 0. The number of pyridine rings is 1. The van der Waals surface area contributed by atoms with E-state index in [1.165, 1.54) is 0 Å². The Morgan fingerprint density at radius 2 is 1.70 bits per heavy atom. The fourth-order valence-electron chi connectivity index (χ4n) is 2.29. The molecule has 0 aliphatic heterocycles. The Kier molecular flexibility index (Phi) is 6.11. The van der Waals surface area contributed by atoms with Crippen LogP contribution >= 0.6 is 0 Å². The molecule has 0 saturated heterocycles. The van der Waals surface area contributed by atoms with Crippen molar-refractivity contribution < 1.29 is 9.90 Å². The summed E-state index contributed by atoms with van der Waals surface area (Å²) < 4.78 is 0. The van der Waals surface area contributed by atoms with E-state index in [4.69, 9.17) is 5.11 Å². The van der Waals surface area contributed by atoms with Gasteiger partial charge in [0.2, 0.25) is 0 Å². The van der Waals surface area contributed by atoms with Gasteiger partial charge >= 0.3 is 6.03 Å². The normalized spacial score (nSPS) is 13.2. The molecule has 122 valence electrons. The average molecular weight is 313 g/mol. The van der Waals surface area contributed by atoms with Gasteiger partial charge in [0, 0.05) is 12.4 Å². The fourth-order valence-corrected chi connectivity index (χ4v) is 2.29. The Labute approximate surface area is 136 Å². The van der Waals surface area contributed by atoms with Crippen molar-refractivity contribution in [2.75, 3.05) is 6.61 Å². The molecule has 2 aromatic rings. The van der Waals surface area contributed by atoms with E-state index < -0.39 is 0 Å². The number of carbonyl (C=O) groups excluding carboxylic acids is 1. The zero-order chi connectivity index (χ0) is 16.7. The minimum Gasteiger partial charge on any atom is -0.394 e. The number of aromatic nitrogens is 1. The molecule has 0 aliphatic rings. The van der Waals surface area contributed by atoms with Crippen LogP contribution in [0.15, 0.2) is 48.8 Å². The number of hydrogen-bond donors (Lipinski definition) is 3. The molecule has 5 heteroatoms. The quantitative estimate of drug-likeness (QED) is 0.767. The van der Waals surface area contributed by atoms with Gasteiger partial charge in [0.25, 0.3) is 0 Å². The van der Waals surface area contributed by atoms with E-state index >= 15 is 0 Å². The van der Waals surface area contributed by atoms with Crippen LogP contribution in [0.25, 0.3) is 11.1 Å². The highest BCUT2D eigenvalue weighted by Crippen LogP contribution is 2.21. The summed E-state index contributed by atoms with van der Waals surface area (Å²) in [4.78, 5) is 15.9. The third-order valence-electron chi connectivity index (χ3n) is 3.82. The maximum Gasteiger partial charge on any atom is 0.315 e. The molecule has 0 bridgehead atoms. The van der Waals surface area contributed by atoms with Gasteiger partial charge in [-0.25, -0.2) is 4.79 Å². The van der Waals surface area contributed by atoms with Gasteiger partial charge in [-0.2, -0.15) is 0 Å². The summed E-state index contributed by atoms with van der Waals surface area (Å²) in [5.41, 5.74) is 3.24. The summed E-state index contributed by atoms with van der Waals surface area (Å²) in [6.07, 6.45) is 4.23. The summed E-state index contributed by atoms with van der Waals surface area (Å²) in [5.74, 6) is 0. The molecule has 2 rings (SSSR count). The Hall–Kier alpha value is -2.40. The van der Waals surface area contributed by atoms with Crippen molar-refractivity contribution in [2.24, 2.45) is 0 Å². The highest BCUT2D eigenvalue weighted by Gasteiger charge is 2.12. The number of hydrogen-bond acceptors (Lipinski definition) is 3. The molecule has 0 spiro atoms. The lowest BCUT2D eigenvalue weighted by atomic mass is 10.0. The molecule has 0 radical (unpaired) electrons. The van der Waals surface area contributed by atoms with Crippen LogP contribution in [0.2, 0.25) is 0 Å². The van der Waals surface area contributed by atoms with E-state index in [2.05, 4.69) is 15.6 Å². The highest BCUT2D eigenvalue weighted by atomic mass is 16.3. The fraction of sp³-hybridized carbons (Fsp3) is 0.333. The van der Waals surface area contributed by atoms with E-state index in [1.54, 1.807) is 12.4 Å². The van der Waals surface area contributed by atoms with Crippen LogP contribution in [0.5, 0.6) is 0 Å². The molecule has 0 aliphatic carbocycles. The van der Waals surface area contributed by atoms with Gasteiger partial charge in [-0.1, -0.05) is 31.2 Å². The van der Waals surface area contributed by atoms with Crippen molar-refractivity contribution in [3.05, 3.63) is 54.4 Å². The molecule has 0 fully saturated rings. The maximum absolute atomic E-state index is 11.9. The maximum atomic E-state index is 11.9. The number of amides is 2. The summed E-state index contributed by atoms with van der Waals surface area (Å²) in [5, 5.41) is 14.7. The number of aliphatic hydroxyl groups excluding tert-OH is 1. The third-order valence-corrected chi connectivity index (χ3v) is 3.82. The molecule has 1 aromatic carbocycles. The van der Waals surface area contributed by atoms with Gasteiger partial charge < -0.3 is 15.7 Å². The zero-order valence-electron chi connectivity index (χ0n) is 13.5. The number of nitrogens with zero attached hydrogens (tertiary/aromatic N) is 1. The lowest BCUT2D eigenvalue weighted by Crippen LogP contribution is -2.44. The standard InChI is InChI=1S/C18H23N3O2/c1-3-17(12-22)21-18(23)20-13(2)14-4-6-15(7-5-14)16-8-10-19-11-9-16/h4-11,13,17,22H,3,12H2,1-2H3,(H2,20,21,23). The van der Waals surface area contributed by atoms with Crippen molar-refractivity contribution >= 4 is 6.03 Å². The van der Waals surface area contributed by atoms with E-state index in [-0.39, 0.29) is 24.7 Å². The van der Waals surface area contributed by atoms with Crippen molar-refractivity contribution in [3.8, 4) is 11.1 Å². The van der Waals surface area contributed by atoms with Gasteiger partial charge in [-0.05, 0) is 42.2 Å². The second kappa shape index (κ2) is 8.29. The van der Waals surface area contributed by atoms with Gasteiger partial charge in [0.15, 0.2) is 0 Å². The second-order valence-electron chi connectivity index (χ2n) is 5.49. The SMILES string of the molecule is CCC(CO)NC(=O)NC(C)c1ccc(-c2ccncc2)cc1. The van der Waals surface area contributed by atoms with E-state index in [0.717, 1.165) is 16.7 Å². The molecule has 2 amide bonds. The molecule has 3 N–H and O–H groups in total. The first-order valence-corrected chi connectivity index (χ1v) is 7.82. The first-order chi connectivity index (χ1) is 11.1. The first kappa shape index (κ1) is 17.0. The highest BCUT2D eigenvalue weighted by molar-refractivity contribution is 5.74. The predicted molar refractivity (Wildman–Crippen MR) is 90.9 cm³/mol. The molecule has 1 heterocycles. The molecule has 0 saturated carbocycles. The van der Waals surface area contributed by atoms with Gasteiger partial charge in [0.1, 0.15) is 0 Å². The Morgan fingerprint density at radius 1 is 1.09 bits per heavy atom. The van der Waals surface area contributed by atoms with Crippen LogP contribution in [0, 0.1) is 0 Å². The molecule has 1 aromatic heterocycles. The minimum atomic E-state index is -0.267. The summed E-state index contributed by atoms with van der Waals surface area (Å²) in [7, 11) is 0. The Balaban J connectivity index is 1.97. The number of rotatable bonds is 6. The van der Waals surface area contributed by atoms with Gasteiger partial charge in [-0.3, -0.25) is 4.98 Å². The third kappa shape index (κ3) is 4.79. The lowest BCUT2D eigenvalue weighted by Gasteiger charge is -2.19. The van der Waals surface area contributed by atoms with E-state index in [9.17, 15) is 4.79 Å².